The van der Waals surface area contributed by atoms with Gasteiger partial charge in [-0.2, -0.15) is 0 Å². The van der Waals surface area contributed by atoms with Gasteiger partial charge >= 0.3 is 6.03 Å². The zero-order valence-electron chi connectivity index (χ0n) is 18.9. The molecule has 4 rings (SSSR count). The van der Waals surface area contributed by atoms with Crippen molar-refractivity contribution in [2.75, 3.05) is 32.6 Å². The predicted molar refractivity (Wildman–Crippen MR) is 129 cm³/mol. The Morgan fingerprint density at radius 3 is 2.27 bits per heavy atom. The lowest BCUT2D eigenvalue weighted by atomic mass is 9.89. The summed E-state index contributed by atoms with van der Waals surface area (Å²) >= 11 is 0. The van der Waals surface area contributed by atoms with Crippen molar-refractivity contribution in [3.05, 3.63) is 78.4 Å². The van der Waals surface area contributed by atoms with Gasteiger partial charge in [0.05, 0.1) is 14.2 Å². The van der Waals surface area contributed by atoms with Crippen LogP contribution in [0.1, 0.15) is 23.2 Å². The molecule has 0 saturated carbocycles. The lowest BCUT2D eigenvalue weighted by Crippen LogP contribution is -2.44. The summed E-state index contributed by atoms with van der Waals surface area (Å²) < 4.78 is 10.5. The largest absolute Gasteiger partial charge is 0.493 e. The third kappa shape index (κ3) is 5.17. The lowest BCUT2D eigenvalue weighted by molar-refractivity contribution is 0.0851. The van der Waals surface area contributed by atoms with Crippen molar-refractivity contribution in [2.24, 2.45) is 5.92 Å². The SMILES string of the molecule is COc1ccc(NC(=O)N2CCC[C@H](C(=O)c3ccc(-c4ccccc4)cc3)C2)cc1OC. The number of ketones is 1. The number of hydrogen-bond acceptors (Lipinski definition) is 4. The molecule has 1 aliphatic rings. The highest BCUT2D eigenvalue weighted by atomic mass is 16.5. The van der Waals surface area contributed by atoms with Crippen molar-refractivity contribution in [2.45, 2.75) is 12.8 Å². The van der Waals surface area contributed by atoms with Crippen LogP contribution in [-0.2, 0) is 0 Å². The van der Waals surface area contributed by atoms with Gasteiger partial charge in [0.25, 0.3) is 0 Å². The van der Waals surface area contributed by atoms with Gasteiger partial charge < -0.3 is 19.7 Å². The van der Waals surface area contributed by atoms with Crippen molar-refractivity contribution in [1.29, 1.82) is 0 Å². The van der Waals surface area contributed by atoms with Crippen LogP contribution in [-0.4, -0.2) is 44.0 Å². The summed E-state index contributed by atoms with van der Waals surface area (Å²) in [5.41, 5.74) is 3.49. The van der Waals surface area contributed by atoms with Crippen LogP contribution < -0.4 is 14.8 Å². The molecule has 170 valence electrons. The van der Waals surface area contributed by atoms with E-state index in [1.807, 2.05) is 54.6 Å². The van der Waals surface area contributed by atoms with Crippen LogP contribution in [0, 0.1) is 5.92 Å². The minimum atomic E-state index is -0.223. The fourth-order valence-electron chi connectivity index (χ4n) is 4.19. The molecule has 0 spiro atoms. The van der Waals surface area contributed by atoms with E-state index in [-0.39, 0.29) is 17.7 Å². The molecular formula is C27H28N2O4. The molecule has 0 radical (unpaired) electrons. The number of methoxy groups -OCH3 is 2. The first-order valence-electron chi connectivity index (χ1n) is 11.1. The number of anilines is 1. The first kappa shape index (κ1) is 22.4. The van der Waals surface area contributed by atoms with Gasteiger partial charge in [0.2, 0.25) is 0 Å². The molecule has 2 amide bonds. The van der Waals surface area contributed by atoms with Gasteiger partial charge in [-0.25, -0.2) is 4.79 Å². The minimum Gasteiger partial charge on any atom is -0.493 e. The van der Waals surface area contributed by atoms with Crippen LogP contribution in [0.4, 0.5) is 10.5 Å². The molecule has 1 atom stereocenters. The van der Waals surface area contributed by atoms with Gasteiger partial charge in [-0.05, 0) is 36.1 Å². The molecule has 1 N–H and O–H groups in total. The first-order chi connectivity index (χ1) is 16.1. The fraction of sp³-hybridized carbons (Fsp3) is 0.259. The second kappa shape index (κ2) is 10.2. The van der Waals surface area contributed by atoms with E-state index in [2.05, 4.69) is 5.32 Å². The van der Waals surface area contributed by atoms with Crippen LogP contribution in [0.25, 0.3) is 11.1 Å². The topological polar surface area (TPSA) is 67.9 Å². The number of hydrogen-bond donors (Lipinski definition) is 1. The standard InChI is InChI=1S/C27H28N2O4/c1-32-24-15-14-23(17-25(24)33-2)28-27(31)29-16-6-9-22(18-29)26(30)21-12-10-20(11-13-21)19-7-4-3-5-8-19/h3-5,7-8,10-15,17,22H,6,9,16,18H2,1-2H3,(H,28,31)/t22-/m0/s1. The van der Waals surface area contributed by atoms with Crippen LogP contribution in [0.5, 0.6) is 11.5 Å². The Bertz CT molecular complexity index is 1110. The van der Waals surface area contributed by atoms with Gasteiger partial charge in [-0.3, -0.25) is 4.79 Å². The number of urea groups is 1. The average Bonchev–Trinajstić information content (AvgIpc) is 2.88. The van der Waals surface area contributed by atoms with E-state index in [0.717, 1.165) is 24.0 Å². The number of carbonyl (C=O) groups excluding carboxylic acids is 2. The summed E-state index contributed by atoms with van der Waals surface area (Å²) in [5.74, 6) is 1.01. The molecule has 3 aromatic carbocycles. The van der Waals surface area contributed by atoms with Crippen molar-refractivity contribution in [3.63, 3.8) is 0 Å². The van der Waals surface area contributed by atoms with E-state index >= 15 is 0 Å². The molecule has 6 heteroatoms. The van der Waals surface area contributed by atoms with E-state index in [1.165, 1.54) is 0 Å². The number of nitrogens with zero attached hydrogens (tertiary/aromatic N) is 1. The average molecular weight is 445 g/mol. The quantitative estimate of drug-likeness (QED) is 0.510. The van der Waals surface area contributed by atoms with Gasteiger partial charge in [-0.15, -0.1) is 0 Å². The van der Waals surface area contributed by atoms with Gasteiger partial charge in [-0.1, -0.05) is 54.6 Å². The molecular weight excluding hydrogens is 416 g/mol. The third-order valence-electron chi connectivity index (χ3n) is 5.99. The highest BCUT2D eigenvalue weighted by Gasteiger charge is 2.29. The van der Waals surface area contributed by atoms with E-state index < -0.39 is 0 Å². The zero-order valence-corrected chi connectivity index (χ0v) is 18.9. The van der Waals surface area contributed by atoms with E-state index in [9.17, 15) is 9.59 Å². The predicted octanol–water partition coefficient (Wildman–Crippen LogP) is 5.50. The number of ether oxygens (including phenoxy) is 2. The second-order valence-corrected chi connectivity index (χ2v) is 8.09. The molecule has 3 aromatic rings. The zero-order chi connectivity index (χ0) is 23.2. The number of carbonyl (C=O) groups is 2. The number of rotatable bonds is 6. The Morgan fingerprint density at radius 2 is 1.58 bits per heavy atom. The second-order valence-electron chi connectivity index (χ2n) is 8.09. The van der Waals surface area contributed by atoms with Crippen molar-refractivity contribution < 1.29 is 19.1 Å². The monoisotopic (exact) mass is 444 g/mol. The molecule has 6 nitrogen and oxygen atoms in total. The number of benzene rings is 3. The minimum absolute atomic E-state index is 0.0817. The number of amides is 2. The highest BCUT2D eigenvalue weighted by Crippen LogP contribution is 2.30. The maximum atomic E-state index is 13.1. The van der Waals surface area contributed by atoms with Gasteiger partial charge in [0.15, 0.2) is 17.3 Å². The maximum Gasteiger partial charge on any atom is 0.321 e. The summed E-state index contributed by atoms with van der Waals surface area (Å²) in [6.45, 7) is 1.02. The Kier molecular flexibility index (Phi) is 6.93. The molecule has 1 fully saturated rings. The summed E-state index contributed by atoms with van der Waals surface area (Å²) in [5, 5.41) is 2.90. The van der Waals surface area contributed by atoms with E-state index in [1.54, 1.807) is 37.3 Å². The number of nitrogens with one attached hydrogen (secondary N) is 1. The molecule has 0 aliphatic carbocycles. The molecule has 1 heterocycles. The molecule has 0 aromatic heterocycles. The normalized spacial score (nSPS) is 15.6. The van der Waals surface area contributed by atoms with Crippen LogP contribution >= 0.6 is 0 Å². The maximum absolute atomic E-state index is 13.1. The molecule has 1 saturated heterocycles. The summed E-state index contributed by atoms with van der Waals surface area (Å²) in [6.07, 6.45) is 1.57. The Hall–Kier alpha value is -3.80. The number of likely N-dealkylation sites (tertiary alicyclic amines) is 1. The van der Waals surface area contributed by atoms with Gasteiger partial charge in [0, 0.05) is 36.3 Å². The lowest BCUT2D eigenvalue weighted by Gasteiger charge is -2.32. The van der Waals surface area contributed by atoms with Crippen molar-refractivity contribution >= 4 is 17.5 Å². The number of Topliss-reactive ketones (excluding diaryl/α,β-unsaturated/α-hetero) is 1. The third-order valence-corrected chi connectivity index (χ3v) is 5.99. The molecule has 0 unspecified atom stereocenters. The molecule has 0 bridgehead atoms. The highest BCUT2D eigenvalue weighted by molar-refractivity contribution is 5.99. The first-order valence-corrected chi connectivity index (χ1v) is 11.1. The summed E-state index contributed by atoms with van der Waals surface area (Å²) in [7, 11) is 3.12. The van der Waals surface area contributed by atoms with E-state index in [0.29, 0.717) is 35.8 Å². The Morgan fingerprint density at radius 1 is 0.879 bits per heavy atom. The van der Waals surface area contributed by atoms with E-state index in [4.69, 9.17) is 9.47 Å². The van der Waals surface area contributed by atoms with Crippen LogP contribution in [0.15, 0.2) is 72.8 Å². The smallest absolute Gasteiger partial charge is 0.321 e. The summed E-state index contributed by atoms with van der Waals surface area (Å²) in [4.78, 5) is 27.7. The Labute approximate surface area is 194 Å². The molecule has 33 heavy (non-hydrogen) atoms. The number of piperidine rings is 1. The summed E-state index contributed by atoms with van der Waals surface area (Å²) in [6, 6.07) is 22.8. The van der Waals surface area contributed by atoms with Gasteiger partial charge in [0.1, 0.15) is 0 Å². The Balaban J connectivity index is 1.40. The van der Waals surface area contributed by atoms with Crippen LogP contribution in [0.3, 0.4) is 0 Å². The van der Waals surface area contributed by atoms with Crippen molar-refractivity contribution in [3.8, 4) is 22.6 Å². The molecule has 1 aliphatic heterocycles. The van der Waals surface area contributed by atoms with Crippen molar-refractivity contribution in [1.82, 2.24) is 4.90 Å². The fourth-order valence-corrected chi connectivity index (χ4v) is 4.19. The van der Waals surface area contributed by atoms with Crippen LogP contribution in [0.2, 0.25) is 0 Å².